The lowest BCUT2D eigenvalue weighted by molar-refractivity contribution is -0.164. The summed E-state index contributed by atoms with van der Waals surface area (Å²) in [4.78, 5) is 65.6. The van der Waals surface area contributed by atoms with Gasteiger partial charge in [0, 0.05) is 81.4 Å². The van der Waals surface area contributed by atoms with Crippen LogP contribution in [0, 0.1) is 28.1 Å². The maximum Gasteiger partial charge on any atom is 0.270 e. The Bertz CT molecular complexity index is 2020. The summed E-state index contributed by atoms with van der Waals surface area (Å²) in [5.74, 6) is 0.657. The Labute approximate surface area is 338 Å². The normalized spacial score (nSPS) is 23.5. The standard InChI is InChI=1S/C42H50ClN9O5/c1-41(2)39(42(3,4)40(41)57-30-8-5-27(22-44)31(43)21-30)49-36(54)28-6-11-34(46-23-28)52-15-13-26(14-16-52)25-50-17-19-51(20-18-50)29-7-9-32(45-24-29)37(55)47-33-10-12-35(53)48-38(33)56/h5-9,11,21,23-24,26,33,39-40H,10,12-20,25H2,1-4H3,(H,47,55)(H,49,54)(H,48,53,56)/t33-,39?,40?/m1/s1. The number of benzene rings is 1. The highest BCUT2D eigenvalue weighted by Gasteiger charge is 2.64. The Morgan fingerprint density at radius 1 is 0.895 bits per heavy atom. The average molecular weight is 796 g/mol. The van der Waals surface area contributed by atoms with Crippen LogP contribution < -0.4 is 30.5 Å². The molecule has 0 unspecified atom stereocenters. The Hall–Kier alpha value is -5.26. The molecular formula is C42H50ClN9O5. The number of anilines is 2. The molecule has 4 fully saturated rings. The lowest BCUT2D eigenvalue weighted by Gasteiger charge is -2.63. The number of pyridine rings is 2. The van der Waals surface area contributed by atoms with Crippen LogP contribution in [0.4, 0.5) is 11.5 Å². The molecule has 3 aliphatic heterocycles. The summed E-state index contributed by atoms with van der Waals surface area (Å²) in [6.45, 7) is 14.8. The minimum Gasteiger partial charge on any atom is -0.489 e. The molecule has 1 saturated carbocycles. The van der Waals surface area contributed by atoms with Crippen LogP contribution in [-0.4, -0.2) is 102 Å². The zero-order valence-electron chi connectivity index (χ0n) is 32.9. The Balaban J connectivity index is 0.832. The number of amides is 4. The molecule has 1 aromatic carbocycles. The number of hydrogen-bond acceptors (Lipinski definition) is 11. The molecule has 15 heteroatoms. The van der Waals surface area contributed by atoms with Gasteiger partial charge in [-0.15, -0.1) is 0 Å². The SMILES string of the molecule is CC1(C)C(NC(=O)c2ccc(N3CCC(CN4CCN(c5ccc(C(=O)N[C@@H]6CCC(=O)NC6=O)nc5)CC4)CC3)nc2)C(C)(C)C1Oc1ccc(C#N)c(Cl)c1. The number of rotatable bonds is 10. The zero-order valence-corrected chi connectivity index (χ0v) is 33.6. The second-order valence-electron chi connectivity index (χ2n) is 16.8. The first kappa shape index (κ1) is 40.0. The summed E-state index contributed by atoms with van der Waals surface area (Å²) in [5, 5.41) is 17.7. The van der Waals surface area contributed by atoms with Gasteiger partial charge in [0.05, 0.1) is 28.0 Å². The Morgan fingerprint density at radius 3 is 2.25 bits per heavy atom. The summed E-state index contributed by atoms with van der Waals surface area (Å²) in [6.07, 6.45) is 5.80. The summed E-state index contributed by atoms with van der Waals surface area (Å²) in [6, 6.07) is 13.6. The number of nitriles is 1. The van der Waals surface area contributed by atoms with E-state index in [4.69, 9.17) is 21.3 Å². The van der Waals surface area contributed by atoms with Gasteiger partial charge >= 0.3 is 0 Å². The van der Waals surface area contributed by atoms with Crippen LogP contribution >= 0.6 is 11.6 Å². The second-order valence-corrected chi connectivity index (χ2v) is 17.2. The van der Waals surface area contributed by atoms with Crippen molar-refractivity contribution in [1.29, 1.82) is 5.26 Å². The predicted octanol–water partition coefficient (Wildman–Crippen LogP) is 4.19. The second kappa shape index (κ2) is 16.3. The number of halogens is 1. The molecule has 2 aromatic heterocycles. The van der Waals surface area contributed by atoms with Crippen molar-refractivity contribution in [2.45, 2.75) is 71.6 Å². The van der Waals surface area contributed by atoms with E-state index in [1.807, 2.05) is 18.2 Å². The molecule has 7 rings (SSSR count). The summed E-state index contributed by atoms with van der Waals surface area (Å²) in [5.41, 5.74) is 1.38. The van der Waals surface area contributed by atoms with Crippen LogP contribution in [0.25, 0.3) is 0 Å². The smallest absolute Gasteiger partial charge is 0.270 e. The molecule has 0 spiro atoms. The van der Waals surface area contributed by atoms with Crippen molar-refractivity contribution in [3.63, 3.8) is 0 Å². The number of nitrogens with one attached hydrogen (secondary N) is 3. The van der Waals surface area contributed by atoms with E-state index in [9.17, 15) is 24.4 Å². The van der Waals surface area contributed by atoms with Crippen molar-refractivity contribution in [3.05, 3.63) is 76.7 Å². The van der Waals surface area contributed by atoms with Gasteiger partial charge in [-0.05, 0) is 61.6 Å². The molecule has 4 aliphatic rings. The monoisotopic (exact) mass is 795 g/mol. The van der Waals surface area contributed by atoms with Gasteiger partial charge in [-0.1, -0.05) is 39.3 Å². The van der Waals surface area contributed by atoms with Gasteiger partial charge in [0.25, 0.3) is 11.8 Å². The molecule has 0 bridgehead atoms. The summed E-state index contributed by atoms with van der Waals surface area (Å²) < 4.78 is 6.37. The molecule has 4 amide bonds. The summed E-state index contributed by atoms with van der Waals surface area (Å²) in [7, 11) is 0. The van der Waals surface area contributed by atoms with E-state index in [0.717, 1.165) is 70.2 Å². The van der Waals surface area contributed by atoms with Crippen LogP contribution in [0.5, 0.6) is 5.75 Å². The fraction of sp³-hybridized carbons (Fsp3) is 0.500. The Kier molecular flexibility index (Phi) is 11.4. The highest BCUT2D eigenvalue weighted by atomic mass is 35.5. The van der Waals surface area contributed by atoms with Crippen molar-refractivity contribution < 1.29 is 23.9 Å². The number of piperazine rings is 1. The Morgan fingerprint density at radius 2 is 1.63 bits per heavy atom. The first-order chi connectivity index (χ1) is 27.2. The van der Waals surface area contributed by atoms with Crippen LogP contribution in [-0.2, 0) is 9.59 Å². The van der Waals surface area contributed by atoms with Gasteiger partial charge in [0.1, 0.15) is 35.5 Å². The third-order valence-electron chi connectivity index (χ3n) is 12.2. The number of aromatic nitrogens is 2. The number of nitrogens with zero attached hydrogens (tertiary/aromatic N) is 6. The van der Waals surface area contributed by atoms with E-state index in [-0.39, 0.29) is 53.3 Å². The third-order valence-corrected chi connectivity index (χ3v) is 12.5. The minimum absolute atomic E-state index is 0.142. The molecule has 3 saturated heterocycles. The number of carbonyl (C=O) groups is 4. The van der Waals surface area contributed by atoms with Crippen LogP contribution in [0.3, 0.4) is 0 Å². The maximum atomic E-state index is 13.4. The van der Waals surface area contributed by atoms with Gasteiger partial charge in [-0.3, -0.25) is 29.4 Å². The van der Waals surface area contributed by atoms with E-state index >= 15 is 0 Å². The van der Waals surface area contributed by atoms with Crippen molar-refractivity contribution in [2.75, 3.05) is 55.6 Å². The molecule has 14 nitrogen and oxygen atoms in total. The van der Waals surface area contributed by atoms with Gasteiger partial charge < -0.3 is 25.2 Å². The molecule has 1 atom stereocenters. The molecule has 300 valence electrons. The number of piperidine rings is 2. The average Bonchev–Trinajstić information content (AvgIpc) is 3.20. The minimum atomic E-state index is -0.736. The number of hydrogen-bond donors (Lipinski definition) is 3. The molecule has 3 aromatic rings. The molecular weight excluding hydrogens is 746 g/mol. The van der Waals surface area contributed by atoms with E-state index in [1.54, 1.807) is 36.7 Å². The summed E-state index contributed by atoms with van der Waals surface area (Å²) >= 11 is 6.24. The highest BCUT2D eigenvalue weighted by molar-refractivity contribution is 6.31. The van der Waals surface area contributed by atoms with Crippen LogP contribution in [0.1, 0.15) is 79.8 Å². The lowest BCUT2D eigenvalue weighted by atomic mass is 9.49. The van der Waals surface area contributed by atoms with E-state index < -0.39 is 17.9 Å². The van der Waals surface area contributed by atoms with Gasteiger partial charge in [-0.2, -0.15) is 5.26 Å². The first-order valence-electron chi connectivity index (χ1n) is 19.7. The van der Waals surface area contributed by atoms with Crippen molar-refractivity contribution >= 4 is 46.7 Å². The van der Waals surface area contributed by atoms with Gasteiger partial charge in [-0.25, -0.2) is 9.97 Å². The number of ether oxygens (including phenoxy) is 1. The van der Waals surface area contributed by atoms with Crippen molar-refractivity contribution in [1.82, 2.24) is 30.8 Å². The largest absolute Gasteiger partial charge is 0.489 e. The van der Waals surface area contributed by atoms with Gasteiger partial charge in [0.2, 0.25) is 11.8 Å². The molecule has 1 aliphatic carbocycles. The fourth-order valence-electron chi connectivity index (χ4n) is 9.19. The molecule has 0 radical (unpaired) electrons. The van der Waals surface area contributed by atoms with Crippen LogP contribution in [0.15, 0.2) is 54.9 Å². The number of imide groups is 1. The van der Waals surface area contributed by atoms with E-state index in [0.29, 0.717) is 27.8 Å². The van der Waals surface area contributed by atoms with Crippen molar-refractivity contribution in [2.24, 2.45) is 16.7 Å². The van der Waals surface area contributed by atoms with E-state index in [1.165, 1.54) is 0 Å². The third kappa shape index (κ3) is 8.55. The molecule has 57 heavy (non-hydrogen) atoms. The van der Waals surface area contributed by atoms with Gasteiger partial charge in [0.15, 0.2) is 0 Å². The quantitative estimate of drug-likeness (QED) is 0.251. The lowest BCUT2D eigenvalue weighted by Crippen LogP contribution is -2.74. The maximum absolute atomic E-state index is 13.4. The predicted molar refractivity (Wildman–Crippen MR) is 215 cm³/mol. The molecule has 3 N–H and O–H groups in total. The van der Waals surface area contributed by atoms with Crippen LogP contribution in [0.2, 0.25) is 5.02 Å². The van der Waals surface area contributed by atoms with Crippen molar-refractivity contribution in [3.8, 4) is 11.8 Å². The number of carbonyl (C=O) groups excluding carboxylic acids is 4. The first-order valence-corrected chi connectivity index (χ1v) is 20.1. The molecule has 5 heterocycles. The highest BCUT2D eigenvalue weighted by Crippen LogP contribution is 2.55. The topological polar surface area (TPSA) is 173 Å². The van der Waals surface area contributed by atoms with E-state index in [2.05, 4.69) is 69.4 Å². The zero-order chi connectivity index (χ0) is 40.5. The fourth-order valence-corrected chi connectivity index (χ4v) is 9.40.